The van der Waals surface area contributed by atoms with Crippen LogP contribution in [0.4, 0.5) is 22.7 Å². The third-order valence-corrected chi connectivity index (χ3v) is 6.30. The van der Waals surface area contributed by atoms with Crippen molar-refractivity contribution in [1.82, 2.24) is 0 Å². The van der Waals surface area contributed by atoms with Gasteiger partial charge in [-0.2, -0.15) is 15.3 Å². The summed E-state index contributed by atoms with van der Waals surface area (Å²) in [6.45, 7) is 9.24. The second-order valence-electron chi connectivity index (χ2n) is 9.40. The van der Waals surface area contributed by atoms with Crippen LogP contribution in [0.1, 0.15) is 33.3 Å². The predicted octanol–water partition coefficient (Wildman–Crippen LogP) is 10.1. The summed E-state index contributed by atoms with van der Waals surface area (Å²) in [5, 5.41) is 20.3. The summed E-state index contributed by atoms with van der Waals surface area (Å²) in [6, 6.07) is 30.2. The third kappa shape index (κ3) is 5.82. The largest absolute Gasteiger partial charge is 0.151 e. The van der Waals surface area contributed by atoms with Gasteiger partial charge in [-0.05, 0) is 71.5 Å². The summed E-state index contributed by atoms with van der Waals surface area (Å²) in [7, 11) is 0. The molecule has 0 amide bonds. The topological polar surface area (TPSA) is 49.4 Å². The van der Waals surface area contributed by atoms with E-state index in [-0.39, 0.29) is 0 Å². The van der Waals surface area contributed by atoms with Crippen LogP contribution in [0.2, 0.25) is 0 Å². The van der Waals surface area contributed by atoms with Gasteiger partial charge in [0.15, 0.2) is 0 Å². The number of azo groups is 2. The van der Waals surface area contributed by atoms with Crippen LogP contribution in [0, 0.1) is 17.8 Å². The van der Waals surface area contributed by atoms with Crippen LogP contribution in [0.15, 0.2) is 111 Å². The maximum absolute atomic E-state index is 4.77. The summed E-state index contributed by atoms with van der Waals surface area (Å²) in [4.78, 5) is 0. The maximum atomic E-state index is 4.77. The van der Waals surface area contributed by atoms with Crippen molar-refractivity contribution in [3.8, 4) is 0 Å². The second-order valence-corrected chi connectivity index (χ2v) is 9.40. The van der Waals surface area contributed by atoms with Crippen molar-refractivity contribution in [3.05, 3.63) is 96.6 Å². The van der Waals surface area contributed by atoms with E-state index in [9.17, 15) is 0 Å². The lowest BCUT2D eigenvalue weighted by Crippen LogP contribution is -2.18. The number of rotatable bonds is 8. The normalized spacial score (nSPS) is 12.2. The number of fused-ring (bicyclic) bond motifs is 1. The Morgan fingerprint density at radius 1 is 0.529 bits per heavy atom. The zero-order chi connectivity index (χ0) is 23.9. The maximum Gasteiger partial charge on any atom is 0.0967 e. The first kappa shape index (κ1) is 23.5. The summed E-state index contributed by atoms with van der Waals surface area (Å²) < 4.78 is 0. The van der Waals surface area contributed by atoms with Crippen LogP contribution in [0.25, 0.3) is 10.8 Å². The minimum absolute atomic E-state index is 0.587. The molecule has 0 aliphatic carbocycles. The number of benzene rings is 4. The van der Waals surface area contributed by atoms with Gasteiger partial charge >= 0.3 is 0 Å². The molecule has 34 heavy (non-hydrogen) atoms. The molecule has 0 saturated heterocycles. The SMILES string of the molecule is CC(C)C(Cc1ccc2ccccc2c1N=Nc1ccc(N=Nc2ccccc2)cc1)C(C)C. The molecule has 0 aromatic heterocycles. The molecule has 4 heteroatoms. The third-order valence-electron chi connectivity index (χ3n) is 6.30. The van der Waals surface area contributed by atoms with Gasteiger partial charge in [0.25, 0.3) is 0 Å². The van der Waals surface area contributed by atoms with Crippen molar-refractivity contribution in [2.75, 3.05) is 0 Å². The van der Waals surface area contributed by atoms with Crippen molar-refractivity contribution in [3.63, 3.8) is 0 Å². The fraction of sp³-hybridized carbons (Fsp3) is 0.267. The quantitative estimate of drug-likeness (QED) is 0.241. The van der Waals surface area contributed by atoms with Crippen molar-refractivity contribution >= 4 is 33.5 Å². The molecule has 0 N–H and O–H groups in total. The Morgan fingerprint density at radius 3 is 1.68 bits per heavy atom. The summed E-state index contributed by atoms with van der Waals surface area (Å²) in [5.41, 5.74) is 4.63. The molecule has 0 unspecified atom stereocenters. The summed E-state index contributed by atoms with van der Waals surface area (Å²) in [5.74, 6) is 1.80. The van der Waals surface area contributed by atoms with Crippen LogP contribution >= 0.6 is 0 Å². The van der Waals surface area contributed by atoms with Gasteiger partial charge in [-0.3, -0.25) is 0 Å². The molecule has 0 aliphatic heterocycles. The lowest BCUT2D eigenvalue weighted by atomic mass is 9.80. The smallest absolute Gasteiger partial charge is 0.0967 e. The van der Waals surface area contributed by atoms with Gasteiger partial charge in [0.1, 0.15) is 0 Å². The van der Waals surface area contributed by atoms with Gasteiger partial charge in [0.2, 0.25) is 0 Å². The molecule has 4 rings (SSSR count). The zero-order valence-corrected chi connectivity index (χ0v) is 20.4. The predicted molar refractivity (Wildman–Crippen MR) is 142 cm³/mol. The fourth-order valence-corrected chi connectivity index (χ4v) is 4.38. The average Bonchev–Trinajstić information content (AvgIpc) is 2.85. The molecule has 0 atom stereocenters. The highest BCUT2D eigenvalue weighted by Crippen LogP contribution is 2.36. The Hall–Kier alpha value is -3.66. The Labute approximate surface area is 202 Å². The highest BCUT2D eigenvalue weighted by atomic mass is 15.1. The van der Waals surface area contributed by atoms with Crippen LogP contribution in [-0.2, 0) is 6.42 Å². The lowest BCUT2D eigenvalue weighted by Gasteiger charge is -2.25. The number of hydrogen-bond acceptors (Lipinski definition) is 4. The van der Waals surface area contributed by atoms with E-state index in [1.807, 2.05) is 54.6 Å². The molecular weight excluding hydrogens is 416 g/mol. The molecule has 172 valence electrons. The molecule has 0 fully saturated rings. The summed E-state index contributed by atoms with van der Waals surface area (Å²) in [6.07, 6.45) is 0.993. The molecule has 0 heterocycles. The van der Waals surface area contributed by atoms with E-state index < -0.39 is 0 Å². The van der Waals surface area contributed by atoms with E-state index >= 15 is 0 Å². The fourth-order valence-electron chi connectivity index (χ4n) is 4.38. The number of nitrogens with zero attached hydrogens (tertiary/aromatic N) is 4. The minimum Gasteiger partial charge on any atom is -0.151 e. The monoisotopic (exact) mass is 448 g/mol. The van der Waals surface area contributed by atoms with E-state index in [0.29, 0.717) is 17.8 Å². The first-order valence-electron chi connectivity index (χ1n) is 12.0. The van der Waals surface area contributed by atoms with Crippen molar-refractivity contribution < 1.29 is 0 Å². The van der Waals surface area contributed by atoms with Crippen LogP contribution in [0.3, 0.4) is 0 Å². The molecule has 0 radical (unpaired) electrons. The van der Waals surface area contributed by atoms with Crippen molar-refractivity contribution in [2.45, 2.75) is 34.1 Å². The second kappa shape index (κ2) is 11.0. The van der Waals surface area contributed by atoms with Crippen LogP contribution in [0.5, 0.6) is 0 Å². The van der Waals surface area contributed by atoms with Gasteiger partial charge < -0.3 is 0 Å². The molecule has 0 bridgehead atoms. The Bertz CT molecular complexity index is 1260. The van der Waals surface area contributed by atoms with Crippen molar-refractivity contribution in [2.24, 2.45) is 38.2 Å². The molecule has 0 aliphatic rings. The van der Waals surface area contributed by atoms with E-state index in [4.69, 9.17) is 5.11 Å². The van der Waals surface area contributed by atoms with E-state index in [1.165, 1.54) is 10.9 Å². The molecule has 4 nitrogen and oxygen atoms in total. The standard InChI is InChI=1S/C30H32N4/c1-21(2)29(22(3)4)20-24-15-14-23-10-8-9-13-28(23)30(24)34-33-27-18-16-26(17-19-27)32-31-25-11-6-5-7-12-25/h5-19,21-22,29H,20H2,1-4H3. The molecule has 4 aromatic carbocycles. The summed E-state index contributed by atoms with van der Waals surface area (Å²) >= 11 is 0. The van der Waals surface area contributed by atoms with E-state index in [1.54, 1.807) is 0 Å². The molecule has 4 aromatic rings. The van der Waals surface area contributed by atoms with Gasteiger partial charge in [-0.15, -0.1) is 5.11 Å². The van der Waals surface area contributed by atoms with Crippen LogP contribution < -0.4 is 0 Å². The Balaban J connectivity index is 1.61. The van der Waals surface area contributed by atoms with Gasteiger partial charge in [-0.1, -0.05) is 82.3 Å². The first-order valence-corrected chi connectivity index (χ1v) is 12.0. The first-order chi connectivity index (χ1) is 16.5. The highest BCUT2D eigenvalue weighted by Gasteiger charge is 2.20. The van der Waals surface area contributed by atoms with Gasteiger partial charge in [-0.25, -0.2) is 0 Å². The minimum atomic E-state index is 0.587. The van der Waals surface area contributed by atoms with E-state index in [2.05, 4.69) is 79.4 Å². The average molecular weight is 449 g/mol. The van der Waals surface area contributed by atoms with Gasteiger partial charge in [0.05, 0.1) is 22.7 Å². The molecule has 0 spiro atoms. The lowest BCUT2D eigenvalue weighted by molar-refractivity contribution is 0.286. The van der Waals surface area contributed by atoms with Gasteiger partial charge in [0, 0.05) is 5.39 Å². The van der Waals surface area contributed by atoms with Crippen LogP contribution in [-0.4, -0.2) is 0 Å². The zero-order valence-electron chi connectivity index (χ0n) is 20.4. The van der Waals surface area contributed by atoms with E-state index in [0.717, 1.165) is 34.6 Å². The van der Waals surface area contributed by atoms with Crippen molar-refractivity contribution in [1.29, 1.82) is 0 Å². The highest BCUT2D eigenvalue weighted by molar-refractivity contribution is 5.94. The molecule has 0 saturated carbocycles. The number of hydrogen-bond donors (Lipinski definition) is 0. The Kier molecular flexibility index (Phi) is 7.58. The molecular formula is C30H32N4. The Morgan fingerprint density at radius 2 is 1.06 bits per heavy atom.